The van der Waals surface area contributed by atoms with E-state index in [1.807, 2.05) is 38.9 Å². The van der Waals surface area contributed by atoms with Gasteiger partial charge in [0, 0.05) is 53.8 Å². The SMILES string of the molecule is CCN(CC)S(=O)(=O)N1CCCC[C@@H]1c1nc(CN(C)C(C)=O)cc(N(C)C)n1. The molecule has 2 rings (SSSR count). The molecule has 1 aliphatic rings. The molecule has 1 atom stereocenters. The van der Waals surface area contributed by atoms with Gasteiger partial charge in [-0.1, -0.05) is 20.3 Å². The van der Waals surface area contributed by atoms with E-state index in [2.05, 4.69) is 9.97 Å². The van der Waals surface area contributed by atoms with E-state index in [1.54, 1.807) is 16.3 Å². The van der Waals surface area contributed by atoms with Gasteiger partial charge in [0.1, 0.15) is 11.6 Å². The van der Waals surface area contributed by atoms with Crippen molar-refractivity contribution in [3.63, 3.8) is 0 Å². The molecule has 0 saturated carbocycles. The molecule has 0 spiro atoms. The van der Waals surface area contributed by atoms with Gasteiger partial charge in [-0.3, -0.25) is 4.79 Å². The first-order valence-corrected chi connectivity index (χ1v) is 11.5. The van der Waals surface area contributed by atoms with E-state index in [9.17, 15) is 13.2 Å². The summed E-state index contributed by atoms with van der Waals surface area (Å²) in [5, 5.41) is 0. The number of carbonyl (C=O) groups excluding carboxylic acids is 1. The lowest BCUT2D eigenvalue weighted by molar-refractivity contribution is -0.128. The Labute approximate surface area is 174 Å². The number of nitrogens with zero attached hydrogens (tertiary/aromatic N) is 6. The Morgan fingerprint density at radius 2 is 1.83 bits per heavy atom. The number of hydrogen-bond acceptors (Lipinski definition) is 6. The van der Waals surface area contributed by atoms with Crippen LogP contribution in [0.15, 0.2) is 6.07 Å². The van der Waals surface area contributed by atoms with Crippen LogP contribution < -0.4 is 4.90 Å². The number of aromatic nitrogens is 2. The highest BCUT2D eigenvalue weighted by Crippen LogP contribution is 2.33. The zero-order chi connectivity index (χ0) is 21.8. The molecule has 0 unspecified atom stereocenters. The van der Waals surface area contributed by atoms with Gasteiger partial charge in [-0.05, 0) is 12.8 Å². The second-order valence-corrected chi connectivity index (χ2v) is 9.44. The van der Waals surface area contributed by atoms with Crippen LogP contribution in [0.4, 0.5) is 5.82 Å². The minimum Gasteiger partial charge on any atom is -0.363 e. The molecule has 1 aliphatic heterocycles. The summed E-state index contributed by atoms with van der Waals surface area (Å²) in [6, 6.07) is 1.44. The zero-order valence-corrected chi connectivity index (χ0v) is 19.2. The number of piperidine rings is 1. The van der Waals surface area contributed by atoms with Gasteiger partial charge in [-0.25, -0.2) is 9.97 Å². The predicted molar refractivity (Wildman–Crippen MR) is 114 cm³/mol. The lowest BCUT2D eigenvalue weighted by Crippen LogP contribution is -2.47. The molecule has 0 aromatic carbocycles. The summed E-state index contributed by atoms with van der Waals surface area (Å²) in [6.45, 7) is 6.86. The van der Waals surface area contributed by atoms with Gasteiger partial charge >= 0.3 is 0 Å². The van der Waals surface area contributed by atoms with Crippen molar-refractivity contribution < 1.29 is 13.2 Å². The summed E-state index contributed by atoms with van der Waals surface area (Å²) in [5.74, 6) is 1.14. The van der Waals surface area contributed by atoms with E-state index in [0.717, 1.165) is 12.8 Å². The monoisotopic (exact) mass is 426 g/mol. The first kappa shape index (κ1) is 23.5. The maximum Gasteiger partial charge on any atom is 0.282 e. The molecule has 1 aromatic rings. The van der Waals surface area contributed by atoms with Crippen molar-refractivity contribution >= 4 is 21.9 Å². The third-order valence-electron chi connectivity index (χ3n) is 5.26. The number of amides is 1. The maximum atomic E-state index is 13.2. The Hall–Kier alpha value is -1.78. The summed E-state index contributed by atoms with van der Waals surface area (Å²) in [4.78, 5) is 24.5. The maximum absolute atomic E-state index is 13.2. The molecule has 29 heavy (non-hydrogen) atoms. The van der Waals surface area contributed by atoms with Gasteiger partial charge in [0.2, 0.25) is 5.91 Å². The highest BCUT2D eigenvalue weighted by molar-refractivity contribution is 7.86. The summed E-state index contributed by atoms with van der Waals surface area (Å²) in [5.41, 5.74) is 0.696. The fraction of sp³-hybridized carbons (Fsp3) is 0.737. The number of anilines is 1. The van der Waals surface area contributed by atoms with Gasteiger partial charge in [0.05, 0.1) is 18.3 Å². The van der Waals surface area contributed by atoms with Crippen LogP contribution in [0.1, 0.15) is 57.6 Å². The van der Waals surface area contributed by atoms with Crippen molar-refractivity contribution in [3.05, 3.63) is 17.6 Å². The van der Waals surface area contributed by atoms with Crippen molar-refractivity contribution in [2.75, 3.05) is 45.7 Å². The Kier molecular flexibility index (Phi) is 7.95. The fourth-order valence-electron chi connectivity index (χ4n) is 3.45. The van der Waals surface area contributed by atoms with E-state index in [1.165, 1.54) is 11.2 Å². The molecule has 164 valence electrons. The molecule has 1 amide bonds. The van der Waals surface area contributed by atoms with E-state index >= 15 is 0 Å². The molecule has 0 N–H and O–H groups in total. The molecule has 2 heterocycles. The lowest BCUT2D eigenvalue weighted by atomic mass is 10.0. The molecule has 0 aliphatic carbocycles. The van der Waals surface area contributed by atoms with E-state index in [-0.39, 0.29) is 5.91 Å². The van der Waals surface area contributed by atoms with Crippen molar-refractivity contribution in [1.82, 2.24) is 23.5 Å². The number of hydrogen-bond donors (Lipinski definition) is 0. The van der Waals surface area contributed by atoms with Crippen LogP contribution >= 0.6 is 0 Å². The largest absolute Gasteiger partial charge is 0.363 e. The zero-order valence-electron chi connectivity index (χ0n) is 18.4. The minimum atomic E-state index is -3.60. The average molecular weight is 427 g/mol. The Balaban J connectivity index is 2.48. The van der Waals surface area contributed by atoms with Crippen LogP contribution in [0.25, 0.3) is 0 Å². The third kappa shape index (κ3) is 5.43. The summed E-state index contributed by atoms with van der Waals surface area (Å²) in [6.07, 6.45) is 2.43. The minimum absolute atomic E-state index is 0.0556. The molecule has 0 bridgehead atoms. The molecule has 1 fully saturated rings. The molecule has 9 nitrogen and oxygen atoms in total. The topological polar surface area (TPSA) is 90.0 Å². The Bertz CT molecular complexity index is 810. The lowest BCUT2D eigenvalue weighted by Gasteiger charge is -2.37. The third-order valence-corrected chi connectivity index (χ3v) is 7.46. The summed E-state index contributed by atoms with van der Waals surface area (Å²) in [7, 11) is 1.89. The average Bonchev–Trinajstić information content (AvgIpc) is 2.68. The first-order chi connectivity index (χ1) is 13.6. The van der Waals surface area contributed by atoms with Crippen molar-refractivity contribution in [2.45, 2.75) is 52.6 Å². The molecular weight excluding hydrogens is 392 g/mol. The van der Waals surface area contributed by atoms with Gasteiger partial charge < -0.3 is 9.80 Å². The van der Waals surface area contributed by atoms with Gasteiger partial charge in [-0.15, -0.1) is 0 Å². The van der Waals surface area contributed by atoms with Gasteiger partial charge in [0.15, 0.2) is 0 Å². The predicted octanol–water partition coefficient (Wildman–Crippen LogP) is 1.63. The second-order valence-electron chi connectivity index (χ2n) is 7.56. The summed E-state index contributed by atoms with van der Waals surface area (Å²) >= 11 is 0. The van der Waals surface area contributed by atoms with E-state index in [4.69, 9.17) is 0 Å². The summed E-state index contributed by atoms with van der Waals surface area (Å²) < 4.78 is 29.5. The Morgan fingerprint density at radius 3 is 2.38 bits per heavy atom. The second kappa shape index (κ2) is 9.82. The fourth-order valence-corrected chi connectivity index (χ4v) is 5.28. The molecule has 0 radical (unpaired) electrons. The normalized spacial score (nSPS) is 18.1. The Morgan fingerprint density at radius 1 is 1.17 bits per heavy atom. The molecular formula is C19H34N6O3S. The highest BCUT2D eigenvalue weighted by atomic mass is 32.2. The standard InChI is InChI=1S/C19H34N6O3S/c1-7-24(8-2)29(27,28)25-12-10-9-11-17(25)19-20-16(14-23(6)15(3)26)13-18(21-19)22(4)5/h13,17H,7-12,14H2,1-6H3/t17-/m1/s1. The van der Waals surface area contributed by atoms with Crippen LogP contribution in [-0.2, 0) is 21.5 Å². The van der Waals surface area contributed by atoms with Gasteiger partial charge in [-0.2, -0.15) is 17.0 Å². The molecule has 10 heteroatoms. The smallest absolute Gasteiger partial charge is 0.282 e. The van der Waals surface area contributed by atoms with E-state index < -0.39 is 16.3 Å². The number of rotatable bonds is 8. The molecule has 1 aromatic heterocycles. The van der Waals surface area contributed by atoms with Crippen molar-refractivity contribution in [1.29, 1.82) is 0 Å². The van der Waals surface area contributed by atoms with Crippen LogP contribution in [-0.4, -0.2) is 78.6 Å². The van der Waals surface area contributed by atoms with Gasteiger partial charge in [0.25, 0.3) is 10.2 Å². The van der Waals surface area contributed by atoms with Crippen molar-refractivity contribution in [2.24, 2.45) is 0 Å². The van der Waals surface area contributed by atoms with Crippen LogP contribution in [0.2, 0.25) is 0 Å². The first-order valence-electron chi connectivity index (χ1n) is 10.2. The molecule has 1 saturated heterocycles. The van der Waals surface area contributed by atoms with Crippen molar-refractivity contribution in [3.8, 4) is 0 Å². The van der Waals surface area contributed by atoms with Crippen LogP contribution in [0.5, 0.6) is 0 Å². The van der Waals surface area contributed by atoms with Crippen LogP contribution in [0, 0.1) is 0 Å². The number of carbonyl (C=O) groups is 1. The highest BCUT2D eigenvalue weighted by Gasteiger charge is 2.38. The quantitative estimate of drug-likeness (QED) is 0.628. The van der Waals surface area contributed by atoms with Crippen LogP contribution in [0.3, 0.4) is 0 Å². The van der Waals surface area contributed by atoms with E-state index in [0.29, 0.717) is 49.9 Å².